The Labute approximate surface area is 161 Å². The number of aromatic hydroxyl groups is 1. The summed E-state index contributed by atoms with van der Waals surface area (Å²) in [7, 11) is 0. The molecule has 1 aromatic heterocycles. The van der Waals surface area contributed by atoms with Crippen LogP contribution in [0, 0.1) is 6.92 Å². The Kier molecular flexibility index (Phi) is 4.35. The van der Waals surface area contributed by atoms with Crippen LogP contribution < -0.4 is 11.1 Å². The number of hydrogen-bond acceptors (Lipinski definition) is 5. The summed E-state index contributed by atoms with van der Waals surface area (Å²) in [6.07, 6.45) is 2.01. The normalized spacial score (nSPS) is 13.3. The maximum Gasteiger partial charge on any atom is 0.251 e. The lowest BCUT2D eigenvalue weighted by atomic mass is 9.95. The van der Waals surface area contributed by atoms with Gasteiger partial charge in [0.2, 0.25) is 0 Å². The summed E-state index contributed by atoms with van der Waals surface area (Å²) >= 11 is 0. The monoisotopic (exact) mass is 376 g/mol. The number of nitrogens with two attached hydrogens (primary N) is 1. The zero-order valence-electron chi connectivity index (χ0n) is 15.3. The minimum absolute atomic E-state index is 0.00982. The van der Waals surface area contributed by atoms with Gasteiger partial charge in [-0.2, -0.15) is 5.10 Å². The van der Waals surface area contributed by atoms with Crippen molar-refractivity contribution in [2.24, 2.45) is 0 Å². The van der Waals surface area contributed by atoms with Gasteiger partial charge >= 0.3 is 0 Å². The Balaban J connectivity index is 1.76. The molecule has 2 aromatic carbocycles. The van der Waals surface area contributed by atoms with Crippen molar-refractivity contribution >= 4 is 17.5 Å². The molecule has 1 heterocycles. The summed E-state index contributed by atoms with van der Waals surface area (Å²) in [6.45, 7) is 1.89. The summed E-state index contributed by atoms with van der Waals surface area (Å²) in [6, 6.07) is 11.6. The van der Waals surface area contributed by atoms with Crippen molar-refractivity contribution in [2.45, 2.75) is 25.8 Å². The van der Waals surface area contributed by atoms with Gasteiger partial charge in [0.05, 0.1) is 11.3 Å². The van der Waals surface area contributed by atoms with Gasteiger partial charge in [-0.1, -0.05) is 18.2 Å². The van der Waals surface area contributed by atoms with E-state index in [-0.39, 0.29) is 34.9 Å². The van der Waals surface area contributed by atoms with Crippen molar-refractivity contribution in [3.8, 4) is 17.0 Å². The van der Waals surface area contributed by atoms with Crippen molar-refractivity contribution in [2.75, 3.05) is 5.73 Å². The standard InChI is InChI=1S/C21H20N4O3/c1-11-5-6-13(21(28)23-14-7-8-14)10-16(11)18-17(20(22)25-24-18)19(27)12-3-2-4-15(26)9-12/h2-6,9-10,14,26H,7-8H2,1H3,(H,23,28)(H3,22,24,25). The zero-order valence-corrected chi connectivity index (χ0v) is 15.3. The molecule has 1 aliphatic rings. The highest BCUT2D eigenvalue weighted by Gasteiger charge is 2.26. The highest BCUT2D eigenvalue weighted by Crippen LogP contribution is 2.31. The predicted molar refractivity (Wildman–Crippen MR) is 105 cm³/mol. The average Bonchev–Trinajstić information content (AvgIpc) is 3.41. The summed E-state index contributed by atoms with van der Waals surface area (Å²) in [5, 5.41) is 19.5. The fourth-order valence-electron chi connectivity index (χ4n) is 3.10. The summed E-state index contributed by atoms with van der Waals surface area (Å²) in [5.41, 5.74) is 9.00. The molecule has 0 saturated heterocycles. The predicted octanol–water partition coefficient (Wildman–Crippen LogP) is 2.80. The van der Waals surface area contributed by atoms with E-state index in [0.717, 1.165) is 18.4 Å². The van der Waals surface area contributed by atoms with Crippen LogP contribution in [-0.2, 0) is 0 Å². The Morgan fingerprint density at radius 1 is 1.18 bits per heavy atom. The Morgan fingerprint density at radius 3 is 2.68 bits per heavy atom. The smallest absolute Gasteiger partial charge is 0.251 e. The number of nitrogens with one attached hydrogen (secondary N) is 2. The van der Waals surface area contributed by atoms with Crippen molar-refractivity contribution in [3.05, 3.63) is 64.7 Å². The number of aromatic nitrogens is 2. The maximum absolute atomic E-state index is 13.0. The van der Waals surface area contributed by atoms with Crippen molar-refractivity contribution in [1.29, 1.82) is 0 Å². The van der Waals surface area contributed by atoms with Gasteiger partial charge in [-0.25, -0.2) is 0 Å². The molecular formula is C21H20N4O3. The van der Waals surface area contributed by atoms with Crippen molar-refractivity contribution in [3.63, 3.8) is 0 Å². The van der Waals surface area contributed by atoms with Crippen LogP contribution in [0.15, 0.2) is 42.5 Å². The second kappa shape index (κ2) is 6.84. The van der Waals surface area contributed by atoms with E-state index in [9.17, 15) is 14.7 Å². The minimum atomic E-state index is -0.357. The number of phenolic OH excluding ortho intramolecular Hbond substituents is 1. The number of amides is 1. The van der Waals surface area contributed by atoms with Crippen molar-refractivity contribution in [1.82, 2.24) is 15.5 Å². The molecule has 142 valence electrons. The number of ketones is 1. The van der Waals surface area contributed by atoms with E-state index in [2.05, 4.69) is 15.5 Å². The van der Waals surface area contributed by atoms with Crippen LogP contribution in [0.5, 0.6) is 5.75 Å². The molecule has 5 N–H and O–H groups in total. The topological polar surface area (TPSA) is 121 Å². The molecule has 0 spiro atoms. The summed E-state index contributed by atoms with van der Waals surface area (Å²) in [4.78, 5) is 25.4. The molecule has 7 nitrogen and oxygen atoms in total. The number of rotatable bonds is 5. The first-order valence-corrected chi connectivity index (χ1v) is 9.03. The Morgan fingerprint density at radius 2 is 1.96 bits per heavy atom. The first-order valence-electron chi connectivity index (χ1n) is 9.03. The SMILES string of the molecule is Cc1ccc(C(=O)NC2CC2)cc1-c1[nH]nc(N)c1C(=O)c1cccc(O)c1. The van der Waals surface area contributed by atoms with Gasteiger partial charge in [0.25, 0.3) is 5.91 Å². The van der Waals surface area contributed by atoms with Gasteiger partial charge in [0.15, 0.2) is 11.6 Å². The van der Waals surface area contributed by atoms with Crippen LogP contribution >= 0.6 is 0 Å². The lowest BCUT2D eigenvalue weighted by Gasteiger charge is -2.10. The number of anilines is 1. The number of benzene rings is 2. The summed E-state index contributed by atoms with van der Waals surface area (Å²) in [5.74, 6) is -0.443. The fraction of sp³-hybridized carbons (Fsp3) is 0.190. The van der Waals surface area contributed by atoms with E-state index in [0.29, 0.717) is 22.4 Å². The van der Waals surface area contributed by atoms with Crippen LogP contribution in [-0.4, -0.2) is 33.0 Å². The number of H-pyrrole nitrogens is 1. The largest absolute Gasteiger partial charge is 0.508 e. The molecule has 1 aliphatic carbocycles. The molecule has 1 amide bonds. The Bertz CT molecular complexity index is 1080. The van der Waals surface area contributed by atoms with E-state index in [4.69, 9.17) is 5.73 Å². The third-order valence-corrected chi connectivity index (χ3v) is 4.81. The van der Waals surface area contributed by atoms with Crippen LogP contribution in [0.3, 0.4) is 0 Å². The molecule has 0 atom stereocenters. The Hall–Kier alpha value is -3.61. The number of carbonyl (C=O) groups is 2. The van der Waals surface area contributed by atoms with Gasteiger partial charge < -0.3 is 16.2 Å². The molecule has 7 heteroatoms. The highest BCUT2D eigenvalue weighted by molar-refractivity contribution is 6.15. The van der Waals surface area contributed by atoms with Gasteiger partial charge in [-0.15, -0.1) is 0 Å². The van der Waals surface area contributed by atoms with Crippen molar-refractivity contribution < 1.29 is 14.7 Å². The molecule has 28 heavy (non-hydrogen) atoms. The molecular weight excluding hydrogens is 356 g/mol. The quantitative estimate of drug-likeness (QED) is 0.510. The van der Waals surface area contributed by atoms with Crippen LogP contribution in [0.25, 0.3) is 11.3 Å². The van der Waals surface area contributed by atoms with E-state index >= 15 is 0 Å². The van der Waals surface area contributed by atoms with Crippen LogP contribution in [0.2, 0.25) is 0 Å². The van der Waals surface area contributed by atoms with Crippen LogP contribution in [0.1, 0.15) is 44.7 Å². The van der Waals surface area contributed by atoms with Gasteiger partial charge in [-0.05, 0) is 49.6 Å². The van der Waals surface area contributed by atoms with E-state index in [1.54, 1.807) is 24.3 Å². The number of aromatic amines is 1. The third-order valence-electron chi connectivity index (χ3n) is 4.81. The number of carbonyl (C=O) groups excluding carboxylic acids is 2. The third kappa shape index (κ3) is 3.34. The minimum Gasteiger partial charge on any atom is -0.508 e. The molecule has 1 fully saturated rings. The molecule has 3 aromatic rings. The first kappa shape index (κ1) is 17.8. The molecule has 0 radical (unpaired) electrons. The second-order valence-corrected chi connectivity index (χ2v) is 7.02. The van der Waals surface area contributed by atoms with Gasteiger partial charge in [0, 0.05) is 22.7 Å². The number of nitrogen functional groups attached to an aromatic ring is 1. The lowest BCUT2D eigenvalue weighted by Crippen LogP contribution is -2.25. The fourth-order valence-corrected chi connectivity index (χ4v) is 3.10. The molecule has 0 aliphatic heterocycles. The maximum atomic E-state index is 13.0. The van der Waals surface area contributed by atoms with E-state index in [1.165, 1.54) is 12.1 Å². The average molecular weight is 376 g/mol. The molecule has 4 rings (SSSR count). The zero-order chi connectivity index (χ0) is 19.8. The molecule has 0 bridgehead atoms. The molecule has 0 unspecified atom stereocenters. The van der Waals surface area contributed by atoms with Gasteiger partial charge in [-0.3, -0.25) is 14.7 Å². The van der Waals surface area contributed by atoms with E-state index in [1.807, 2.05) is 13.0 Å². The van der Waals surface area contributed by atoms with E-state index < -0.39 is 0 Å². The lowest BCUT2D eigenvalue weighted by molar-refractivity contribution is 0.0950. The first-order chi connectivity index (χ1) is 13.4. The number of nitrogens with zero attached hydrogens (tertiary/aromatic N) is 1. The van der Waals surface area contributed by atoms with Crippen LogP contribution in [0.4, 0.5) is 5.82 Å². The second-order valence-electron chi connectivity index (χ2n) is 7.02. The highest BCUT2D eigenvalue weighted by atomic mass is 16.3. The number of aryl methyl sites for hydroxylation is 1. The summed E-state index contributed by atoms with van der Waals surface area (Å²) < 4.78 is 0. The number of hydrogen-bond donors (Lipinski definition) is 4. The number of phenols is 1. The van der Waals surface area contributed by atoms with Gasteiger partial charge in [0.1, 0.15) is 5.75 Å². The molecule has 1 saturated carbocycles.